The fourth-order valence-corrected chi connectivity index (χ4v) is 3.87. The van der Waals surface area contributed by atoms with E-state index in [-0.39, 0.29) is 22.4 Å². The summed E-state index contributed by atoms with van der Waals surface area (Å²) in [5.74, 6) is -0.278. The molecule has 0 aliphatic heterocycles. The van der Waals surface area contributed by atoms with Crippen LogP contribution in [0.4, 0.5) is 24.0 Å². The summed E-state index contributed by atoms with van der Waals surface area (Å²) in [5, 5.41) is 12.9. The highest BCUT2D eigenvalue weighted by Crippen LogP contribution is 2.30. The van der Waals surface area contributed by atoms with Crippen LogP contribution in [0.1, 0.15) is 15.9 Å². The van der Waals surface area contributed by atoms with Crippen LogP contribution in [-0.4, -0.2) is 34.9 Å². The number of rotatable bonds is 7. The molecule has 0 spiro atoms. The zero-order chi connectivity index (χ0) is 22.4. The van der Waals surface area contributed by atoms with Crippen LogP contribution in [0.25, 0.3) is 0 Å². The maximum absolute atomic E-state index is 12.8. The number of carbonyl (C=O) groups is 2. The number of alkyl halides is 3. The fourth-order valence-electron chi connectivity index (χ4n) is 2.32. The van der Waals surface area contributed by atoms with Crippen LogP contribution in [0.2, 0.25) is 0 Å². The van der Waals surface area contributed by atoms with Crippen molar-refractivity contribution in [1.29, 1.82) is 0 Å². The number of nitrogens with one attached hydrogen (secondary N) is 2. The summed E-state index contributed by atoms with van der Waals surface area (Å²) in [5.41, 5.74) is -0.465. The zero-order valence-electron chi connectivity index (χ0n) is 15.9. The van der Waals surface area contributed by atoms with E-state index in [9.17, 15) is 22.8 Å². The van der Waals surface area contributed by atoms with Crippen LogP contribution >= 0.6 is 23.1 Å². The van der Waals surface area contributed by atoms with Crippen molar-refractivity contribution in [3.63, 3.8) is 0 Å². The lowest BCUT2D eigenvalue weighted by molar-refractivity contribution is -0.137. The van der Waals surface area contributed by atoms with Crippen molar-refractivity contribution in [1.82, 2.24) is 10.2 Å². The Kier molecular flexibility index (Phi) is 7.13. The molecule has 0 saturated carbocycles. The van der Waals surface area contributed by atoms with E-state index in [4.69, 9.17) is 4.74 Å². The molecule has 7 nitrogen and oxygen atoms in total. The summed E-state index contributed by atoms with van der Waals surface area (Å²) in [6.45, 7) is 0. The molecule has 0 radical (unpaired) electrons. The van der Waals surface area contributed by atoms with Crippen molar-refractivity contribution in [3.05, 3.63) is 59.7 Å². The van der Waals surface area contributed by atoms with Gasteiger partial charge in [-0.25, -0.2) is 0 Å². The Bertz CT molecular complexity index is 1070. The first-order valence-corrected chi connectivity index (χ1v) is 10.4. The number of methoxy groups -OCH3 is 1. The lowest BCUT2D eigenvalue weighted by Crippen LogP contribution is -2.13. The minimum absolute atomic E-state index is 0.0578. The topological polar surface area (TPSA) is 93.2 Å². The molecule has 1 aromatic heterocycles. The van der Waals surface area contributed by atoms with Crippen LogP contribution in [0.3, 0.4) is 0 Å². The van der Waals surface area contributed by atoms with Gasteiger partial charge < -0.3 is 10.1 Å². The number of nitrogens with zero attached hydrogens (tertiary/aromatic N) is 2. The molecule has 3 rings (SSSR count). The third-order valence-corrected chi connectivity index (χ3v) is 5.75. The van der Waals surface area contributed by atoms with E-state index < -0.39 is 17.6 Å². The number of anilines is 2. The van der Waals surface area contributed by atoms with Gasteiger partial charge >= 0.3 is 6.18 Å². The van der Waals surface area contributed by atoms with E-state index >= 15 is 0 Å². The molecule has 2 aromatic carbocycles. The summed E-state index contributed by atoms with van der Waals surface area (Å²) in [4.78, 5) is 24.3. The van der Waals surface area contributed by atoms with Crippen molar-refractivity contribution in [2.24, 2.45) is 0 Å². The highest BCUT2D eigenvalue weighted by molar-refractivity contribution is 8.01. The number of hydrogen-bond acceptors (Lipinski definition) is 7. The molecule has 0 aliphatic rings. The number of hydrogen-bond donors (Lipinski definition) is 2. The first-order valence-electron chi connectivity index (χ1n) is 8.63. The average molecular weight is 468 g/mol. The first kappa shape index (κ1) is 22.6. The Balaban J connectivity index is 1.53. The number of carbonyl (C=O) groups excluding carboxylic acids is 2. The van der Waals surface area contributed by atoms with Gasteiger partial charge in [0, 0.05) is 11.3 Å². The molecule has 1 heterocycles. The standard InChI is InChI=1S/C19H15F3N4O3S2/c1-29-14-7-5-13(6-8-14)23-15(27)10-30-18-26-25-17(31-18)24-16(28)11-3-2-4-12(9-11)19(20,21)22/h2-9H,10H2,1H3,(H,23,27)(H,24,25,28). The molecule has 162 valence electrons. The Morgan fingerprint density at radius 2 is 1.84 bits per heavy atom. The van der Waals surface area contributed by atoms with E-state index in [1.807, 2.05) is 0 Å². The molecule has 0 fully saturated rings. The lowest BCUT2D eigenvalue weighted by Gasteiger charge is -2.08. The third-order valence-electron chi connectivity index (χ3n) is 3.78. The van der Waals surface area contributed by atoms with E-state index in [1.54, 1.807) is 31.4 Å². The molecule has 0 unspecified atom stereocenters. The molecule has 0 atom stereocenters. The zero-order valence-corrected chi connectivity index (χ0v) is 17.5. The monoisotopic (exact) mass is 468 g/mol. The molecule has 12 heteroatoms. The van der Waals surface area contributed by atoms with Crippen molar-refractivity contribution in [2.75, 3.05) is 23.5 Å². The van der Waals surface area contributed by atoms with Gasteiger partial charge in [-0.15, -0.1) is 10.2 Å². The van der Waals surface area contributed by atoms with Gasteiger partial charge in [-0.3, -0.25) is 14.9 Å². The van der Waals surface area contributed by atoms with Crippen LogP contribution in [0.5, 0.6) is 5.75 Å². The van der Waals surface area contributed by atoms with Gasteiger partial charge in [0.2, 0.25) is 11.0 Å². The fraction of sp³-hybridized carbons (Fsp3) is 0.158. The van der Waals surface area contributed by atoms with E-state index in [0.717, 1.165) is 41.3 Å². The predicted molar refractivity (Wildman–Crippen MR) is 112 cm³/mol. The highest BCUT2D eigenvalue weighted by atomic mass is 32.2. The van der Waals surface area contributed by atoms with Gasteiger partial charge in [-0.1, -0.05) is 29.2 Å². The summed E-state index contributed by atoms with van der Waals surface area (Å²) >= 11 is 2.12. The second-order valence-corrected chi connectivity index (χ2v) is 8.17. The number of aromatic nitrogens is 2. The smallest absolute Gasteiger partial charge is 0.416 e. The van der Waals surface area contributed by atoms with Gasteiger partial charge in [0.15, 0.2) is 4.34 Å². The predicted octanol–water partition coefficient (Wildman–Crippen LogP) is 4.55. The Morgan fingerprint density at radius 3 is 2.52 bits per heavy atom. The normalized spacial score (nSPS) is 11.1. The molecule has 3 aromatic rings. The Hall–Kier alpha value is -3.12. The van der Waals surface area contributed by atoms with Crippen molar-refractivity contribution >= 4 is 45.7 Å². The molecular weight excluding hydrogens is 453 g/mol. The summed E-state index contributed by atoms with van der Waals surface area (Å²) in [6, 6.07) is 10.9. The number of halogens is 3. The van der Waals surface area contributed by atoms with Crippen LogP contribution < -0.4 is 15.4 Å². The van der Waals surface area contributed by atoms with Crippen molar-refractivity contribution < 1.29 is 27.5 Å². The number of benzene rings is 2. The molecule has 0 aliphatic carbocycles. The average Bonchev–Trinajstić information content (AvgIpc) is 3.19. The highest BCUT2D eigenvalue weighted by Gasteiger charge is 2.31. The molecule has 31 heavy (non-hydrogen) atoms. The van der Waals surface area contributed by atoms with E-state index in [1.165, 1.54) is 6.07 Å². The largest absolute Gasteiger partial charge is 0.497 e. The molecule has 2 N–H and O–H groups in total. The van der Waals surface area contributed by atoms with E-state index in [2.05, 4.69) is 20.8 Å². The number of amides is 2. The van der Waals surface area contributed by atoms with Crippen LogP contribution in [-0.2, 0) is 11.0 Å². The molecule has 0 saturated heterocycles. The second-order valence-electron chi connectivity index (χ2n) is 5.97. The van der Waals surface area contributed by atoms with E-state index in [0.29, 0.717) is 15.8 Å². The van der Waals surface area contributed by atoms with Crippen LogP contribution in [0, 0.1) is 0 Å². The minimum Gasteiger partial charge on any atom is -0.497 e. The third kappa shape index (κ3) is 6.43. The summed E-state index contributed by atoms with van der Waals surface area (Å²) in [7, 11) is 1.54. The van der Waals surface area contributed by atoms with Crippen LogP contribution in [0.15, 0.2) is 52.9 Å². The van der Waals surface area contributed by atoms with Gasteiger partial charge in [0.1, 0.15) is 5.75 Å². The molecule has 2 amide bonds. The maximum atomic E-state index is 12.8. The van der Waals surface area contributed by atoms with Gasteiger partial charge in [0.25, 0.3) is 5.91 Å². The number of ether oxygens (including phenoxy) is 1. The second kappa shape index (κ2) is 9.79. The Morgan fingerprint density at radius 1 is 1.10 bits per heavy atom. The maximum Gasteiger partial charge on any atom is 0.416 e. The van der Waals surface area contributed by atoms with Gasteiger partial charge in [-0.05, 0) is 42.5 Å². The van der Waals surface area contributed by atoms with Gasteiger partial charge in [0.05, 0.1) is 18.4 Å². The van der Waals surface area contributed by atoms with Crippen molar-refractivity contribution in [2.45, 2.75) is 10.5 Å². The van der Waals surface area contributed by atoms with Gasteiger partial charge in [-0.2, -0.15) is 13.2 Å². The quantitative estimate of drug-likeness (QED) is 0.390. The van der Waals surface area contributed by atoms with Crippen molar-refractivity contribution in [3.8, 4) is 5.75 Å². The lowest BCUT2D eigenvalue weighted by atomic mass is 10.1. The number of thioether (sulfide) groups is 1. The summed E-state index contributed by atoms with van der Waals surface area (Å²) in [6.07, 6.45) is -4.55. The molecule has 0 bridgehead atoms. The summed E-state index contributed by atoms with van der Waals surface area (Å²) < 4.78 is 43.8. The Labute approximate surface area is 183 Å². The first-order chi connectivity index (χ1) is 14.7. The SMILES string of the molecule is COc1ccc(NC(=O)CSc2nnc(NC(=O)c3cccc(C(F)(F)F)c3)s2)cc1. The minimum atomic E-state index is -4.55. The molecular formula is C19H15F3N4O3S2.